The van der Waals surface area contributed by atoms with Crippen molar-refractivity contribution in [3.8, 4) is 0 Å². The molecule has 130 valence electrons. The average Bonchev–Trinajstić information content (AvgIpc) is 3.07. The Morgan fingerprint density at radius 3 is 2.64 bits per heavy atom. The highest BCUT2D eigenvalue weighted by Gasteiger charge is 2.26. The summed E-state index contributed by atoms with van der Waals surface area (Å²) in [5.74, 6) is 0.975. The lowest BCUT2D eigenvalue weighted by Crippen LogP contribution is -2.45. The molecule has 0 saturated carbocycles. The van der Waals surface area contributed by atoms with Crippen LogP contribution in [0, 0.1) is 11.8 Å². The highest BCUT2D eigenvalue weighted by molar-refractivity contribution is 5.80. The molecule has 1 aliphatic heterocycles. The molecule has 1 saturated heterocycles. The smallest absolute Gasteiger partial charge is 0.276 e. The van der Waals surface area contributed by atoms with Crippen molar-refractivity contribution >= 4 is 22.6 Å². The number of likely N-dealkylation sites (tertiary alicyclic amines) is 1. The van der Waals surface area contributed by atoms with Crippen molar-refractivity contribution in [1.82, 2.24) is 18.9 Å². The normalized spacial score (nSPS) is 21.1. The number of rotatable bonds is 2. The van der Waals surface area contributed by atoms with Crippen molar-refractivity contribution in [2.45, 2.75) is 26.8 Å². The molecule has 6 nitrogen and oxygen atoms in total. The summed E-state index contributed by atoms with van der Waals surface area (Å²) in [6.45, 7) is 5.90. The Balaban J connectivity index is 1.77. The second-order valence-electron chi connectivity index (χ2n) is 7.25. The largest absolute Gasteiger partial charge is 0.341 e. The van der Waals surface area contributed by atoms with Crippen molar-refractivity contribution in [2.75, 3.05) is 13.1 Å². The third-order valence-electron chi connectivity index (χ3n) is 5.01. The molecule has 0 aromatic carbocycles. The predicted molar refractivity (Wildman–Crippen MR) is 96.5 cm³/mol. The van der Waals surface area contributed by atoms with Gasteiger partial charge in [0.25, 0.3) is 5.56 Å². The van der Waals surface area contributed by atoms with Crippen LogP contribution in [-0.4, -0.2) is 37.8 Å². The molecule has 4 heterocycles. The van der Waals surface area contributed by atoms with Crippen LogP contribution in [0.15, 0.2) is 41.5 Å². The lowest BCUT2D eigenvalue weighted by atomic mass is 9.92. The van der Waals surface area contributed by atoms with Crippen LogP contribution >= 0.6 is 0 Å². The Morgan fingerprint density at radius 2 is 1.88 bits per heavy atom. The second-order valence-corrected chi connectivity index (χ2v) is 7.25. The van der Waals surface area contributed by atoms with E-state index in [1.165, 1.54) is 4.57 Å². The average molecular weight is 338 g/mol. The van der Waals surface area contributed by atoms with Crippen LogP contribution in [0.1, 0.15) is 20.3 Å². The monoisotopic (exact) mass is 338 g/mol. The lowest BCUT2D eigenvalue weighted by Gasteiger charge is -2.35. The minimum atomic E-state index is -0.178. The van der Waals surface area contributed by atoms with Gasteiger partial charge in [0, 0.05) is 25.5 Å². The number of hydrogen-bond acceptors (Lipinski definition) is 3. The first-order chi connectivity index (χ1) is 12.0. The number of nitrogens with zero attached hydrogens (tertiary/aromatic N) is 4. The van der Waals surface area contributed by atoms with E-state index in [1.807, 2.05) is 33.7 Å². The highest BCUT2D eigenvalue weighted by Crippen LogP contribution is 2.21. The Labute approximate surface area is 145 Å². The van der Waals surface area contributed by atoms with Crippen molar-refractivity contribution in [3.05, 3.63) is 47.0 Å². The summed E-state index contributed by atoms with van der Waals surface area (Å²) in [7, 11) is 0. The van der Waals surface area contributed by atoms with Crippen molar-refractivity contribution in [1.29, 1.82) is 0 Å². The summed E-state index contributed by atoms with van der Waals surface area (Å²) in [5.41, 5.74) is 1.76. The van der Waals surface area contributed by atoms with Crippen LogP contribution < -0.4 is 5.56 Å². The molecule has 25 heavy (non-hydrogen) atoms. The SMILES string of the molecule is C[C@@H]1C[C@@H](C)CN(C(=O)Cn2c(=O)c3cccn3c3cccnc32)C1. The second kappa shape index (κ2) is 6.02. The number of fused-ring (bicyclic) bond motifs is 3. The summed E-state index contributed by atoms with van der Waals surface area (Å²) in [6, 6.07) is 7.37. The predicted octanol–water partition coefficient (Wildman–Crippen LogP) is 2.15. The van der Waals surface area contributed by atoms with Gasteiger partial charge in [-0.1, -0.05) is 13.8 Å². The third kappa shape index (κ3) is 2.71. The molecule has 6 heteroatoms. The summed E-state index contributed by atoms with van der Waals surface area (Å²) >= 11 is 0. The maximum atomic E-state index is 12.9. The molecule has 4 rings (SSSR count). The number of hydrogen-bond donors (Lipinski definition) is 0. The van der Waals surface area contributed by atoms with E-state index in [1.54, 1.807) is 12.3 Å². The molecule has 3 aromatic rings. The van der Waals surface area contributed by atoms with Crippen LogP contribution in [0.5, 0.6) is 0 Å². The van der Waals surface area contributed by atoms with Crippen molar-refractivity contribution in [2.24, 2.45) is 11.8 Å². The van der Waals surface area contributed by atoms with E-state index in [2.05, 4.69) is 18.8 Å². The van der Waals surface area contributed by atoms with Gasteiger partial charge in [0.1, 0.15) is 12.1 Å². The molecule has 0 spiro atoms. The van der Waals surface area contributed by atoms with Crippen LogP contribution in [0.4, 0.5) is 0 Å². The topological polar surface area (TPSA) is 59.6 Å². The standard InChI is InChI=1S/C19H22N4O2/c1-13-9-14(2)11-21(10-13)17(24)12-23-18-15(5-3-7-20-18)22-8-4-6-16(22)19(23)25/h3-8,13-14H,9-12H2,1-2H3/t13-,14-/m1/s1. The Hall–Kier alpha value is -2.63. The van der Waals surface area contributed by atoms with Crippen LogP contribution in [0.25, 0.3) is 16.7 Å². The number of amides is 1. The Kier molecular flexibility index (Phi) is 3.82. The Morgan fingerprint density at radius 1 is 1.16 bits per heavy atom. The quantitative estimate of drug-likeness (QED) is 0.719. The first-order valence-corrected chi connectivity index (χ1v) is 8.77. The number of carbonyl (C=O) groups is 1. The van der Waals surface area contributed by atoms with Gasteiger partial charge < -0.3 is 9.30 Å². The zero-order valence-electron chi connectivity index (χ0n) is 14.6. The molecule has 0 unspecified atom stereocenters. The molecule has 3 aromatic heterocycles. The maximum Gasteiger partial charge on any atom is 0.276 e. The molecule has 0 radical (unpaired) electrons. The molecule has 0 bridgehead atoms. The fourth-order valence-electron chi connectivity index (χ4n) is 4.03. The molecular formula is C19H22N4O2. The fraction of sp³-hybridized carbons (Fsp3) is 0.421. The molecule has 1 amide bonds. The van der Waals surface area contributed by atoms with E-state index < -0.39 is 0 Å². The van der Waals surface area contributed by atoms with Gasteiger partial charge in [-0.15, -0.1) is 0 Å². The van der Waals surface area contributed by atoms with E-state index >= 15 is 0 Å². The maximum absolute atomic E-state index is 12.9. The van der Waals surface area contributed by atoms with E-state index in [0.29, 0.717) is 23.0 Å². The van der Waals surface area contributed by atoms with Gasteiger partial charge in [-0.3, -0.25) is 14.2 Å². The summed E-state index contributed by atoms with van der Waals surface area (Å²) in [6.07, 6.45) is 4.65. The molecule has 1 aliphatic rings. The third-order valence-corrected chi connectivity index (χ3v) is 5.01. The summed E-state index contributed by atoms with van der Waals surface area (Å²) < 4.78 is 3.34. The van der Waals surface area contributed by atoms with E-state index in [0.717, 1.165) is 25.0 Å². The first-order valence-electron chi connectivity index (χ1n) is 8.77. The van der Waals surface area contributed by atoms with Gasteiger partial charge in [-0.05, 0) is 42.5 Å². The molecular weight excluding hydrogens is 316 g/mol. The van der Waals surface area contributed by atoms with Gasteiger partial charge in [0.15, 0.2) is 5.65 Å². The number of carbonyl (C=O) groups excluding carboxylic acids is 1. The molecule has 1 fully saturated rings. The van der Waals surface area contributed by atoms with E-state index in [-0.39, 0.29) is 18.0 Å². The highest BCUT2D eigenvalue weighted by atomic mass is 16.2. The van der Waals surface area contributed by atoms with Gasteiger partial charge in [0.05, 0.1) is 5.52 Å². The van der Waals surface area contributed by atoms with Gasteiger partial charge in [-0.2, -0.15) is 0 Å². The van der Waals surface area contributed by atoms with Gasteiger partial charge in [0.2, 0.25) is 5.91 Å². The molecule has 0 N–H and O–H groups in total. The number of piperidine rings is 1. The number of pyridine rings is 1. The van der Waals surface area contributed by atoms with Crippen molar-refractivity contribution in [3.63, 3.8) is 0 Å². The fourth-order valence-corrected chi connectivity index (χ4v) is 4.03. The molecule has 0 aliphatic carbocycles. The Bertz CT molecular complexity index is 993. The van der Waals surface area contributed by atoms with Crippen molar-refractivity contribution < 1.29 is 4.79 Å². The van der Waals surface area contributed by atoms with Gasteiger partial charge in [-0.25, -0.2) is 4.98 Å². The molecule has 2 atom stereocenters. The van der Waals surface area contributed by atoms with Crippen LogP contribution in [0.2, 0.25) is 0 Å². The summed E-state index contributed by atoms with van der Waals surface area (Å²) in [4.78, 5) is 32.0. The van der Waals surface area contributed by atoms with Crippen LogP contribution in [0.3, 0.4) is 0 Å². The number of aromatic nitrogens is 3. The summed E-state index contributed by atoms with van der Waals surface area (Å²) in [5, 5.41) is 0. The lowest BCUT2D eigenvalue weighted by molar-refractivity contribution is -0.134. The minimum absolute atomic E-state index is 0.0108. The zero-order valence-corrected chi connectivity index (χ0v) is 14.6. The first kappa shape index (κ1) is 15.9. The van der Waals surface area contributed by atoms with E-state index in [9.17, 15) is 9.59 Å². The van der Waals surface area contributed by atoms with E-state index in [4.69, 9.17) is 0 Å². The van der Waals surface area contributed by atoms with Crippen LogP contribution in [-0.2, 0) is 11.3 Å². The zero-order chi connectivity index (χ0) is 17.6. The minimum Gasteiger partial charge on any atom is -0.341 e. The van der Waals surface area contributed by atoms with Gasteiger partial charge >= 0.3 is 0 Å².